The number of carbonyl (C=O) groups is 1. The molecule has 1 aromatic rings. The second-order valence-electron chi connectivity index (χ2n) is 3.77. The molecule has 17 heavy (non-hydrogen) atoms. The van der Waals surface area contributed by atoms with Gasteiger partial charge in [-0.15, -0.1) is 0 Å². The van der Waals surface area contributed by atoms with Gasteiger partial charge in [-0.3, -0.25) is 0 Å². The Bertz CT molecular complexity index is 403. The third-order valence-corrected chi connectivity index (χ3v) is 2.71. The Balaban J connectivity index is 3.24. The maximum atomic E-state index is 11.8. The van der Waals surface area contributed by atoms with Gasteiger partial charge in [0.25, 0.3) is 0 Å². The molecule has 0 radical (unpaired) electrons. The highest BCUT2D eigenvalue weighted by atomic mass is 16.5. The van der Waals surface area contributed by atoms with E-state index in [1.54, 1.807) is 19.1 Å². The molecule has 0 unspecified atom stereocenters. The van der Waals surface area contributed by atoms with Crippen molar-refractivity contribution in [1.82, 2.24) is 0 Å². The van der Waals surface area contributed by atoms with Gasteiger partial charge >= 0.3 is 5.97 Å². The van der Waals surface area contributed by atoms with Crippen LogP contribution in [0.2, 0.25) is 0 Å². The molecule has 4 N–H and O–H groups in total. The van der Waals surface area contributed by atoms with Crippen LogP contribution in [-0.2, 0) is 17.6 Å². The van der Waals surface area contributed by atoms with Crippen LogP contribution in [0.4, 0.5) is 5.69 Å². The van der Waals surface area contributed by atoms with Crippen molar-refractivity contribution in [3.8, 4) is 0 Å². The molecule has 0 bridgehead atoms. The minimum Gasteiger partial charge on any atom is -0.462 e. The van der Waals surface area contributed by atoms with E-state index in [1.807, 2.05) is 6.92 Å². The van der Waals surface area contributed by atoms with Gasteiger partial charge in [-0.2, -0.15) is 0 Å². The first-order valence-electron chi connectivity index (χ1n) is 5.93. The average molecular weight is 236 g/mol. The Morgan fingerprint density at radius 1 is 1.29 bits per heavy atom. The maximum absolute atomic E-state index is 11.8. The van der Waals surface area contributed by atoms with Crippen molar-refractivity contribution in [2.24, 2.45) is 5.73 Å². The number of esters is 1. The summed E-state index contributed by atoms with van der Waals surface area (Å²) in [5, 5.41) is 0. The second-order valence-corrected chi connectivity index (χ2v) is 3.77. The lowest BCUT2D eigenvalue weighted by Gasteiger charge is -2.14. The Kier molecular flexibility index (Phi) is 4.97. The molecule has 1 rings (SSSR count). The van der Waals surface area contributed by atoms with E-state index in [0.29, 0.717) is 30.8 Å². The molecule has 0 saturated heterocycles. The molecule has 94 valence electrons. The van der Waals surface area contributed by atoms with Crippen molar-refractivity contribution >= 4 is 11.7 Å². The summed E-state index contributed by atoms with van der Waals surface area (Å²) in [5.74, 6) is -0.300. The second kappa shape index (κ2) is 6.25. The first-order valence-corrected chi connectivity index (χ1v) is 5.93. The lowest BCUT2D eigenvalue weighted by atomic mass is 9.95. The average Bonchev–Trinajstić information content (AvgIpc) is 2.30. The Labute approximate surface area is 102 Å². The first kappa shape index (κ1) is 13.5. The van der Waals surface area contributed by atoms with Crippen molar-refractivity contribution in [3.63, 3.8) is 0 Å². The summed E-state index contributed by atoms with van der Waals surface area (Å²) in [6.07, 6.45) is 1.43. The third kappa shape index (κ3) is 2.97. The summed E-state index contributed by atoms with van der Waals surface area (Å²) < 4.78 is 5.03. The fourth-order valence-corrected chi connectivity index (χ4v) is 1.96. The van der Waals surface area contributed by atoms with E-state index in [-0.39, 0.29) is 5.97 Å². The minimum atomic E-state index is -0.300. The van der Waals surface area contributed by atoms with E-state index in [4.69, 9.17) is 16.2 Å². The summed E-state index contributed by atoms with van der Waals surface area (Å²) in [6.45, 7) is 4.66. The molecule has 0 fully saturated rings. The van der Waals surface area contributed by atoms with Crippen LogP contribution in [0.5, 0.6) is 0 Å². The van der Waals surface area contributed by atoms with Gasteiger partial charge in [0.05, 0.1) is 12.2 Å². The monoisotopic (exact) mass is 236 g/mol. The van der Waals surface area contributed by atoms with Crippen LogP contribution in [0.1, 0.15) is 35.3 Å². The van der Waals surface area contributed by atoms with Crippen molar-refractivity contribution in [3.05, 3.63) is 28.8 Å². The van der Waals surface area contributed by atoms with E-state index in [2.05, 4.69) is 0 Å². The Hall–Kier alpha value is -1.55. The van der Waals surface area contributed by atoms with E-state index < -0.39 is 0 Å². The lowest BCUT2D eigenvalue weighted by molar-refractivity contribution is 0.0525. The molecule has 0 aliphatic carbocycles. The van der Waals surface area contributed by atoms with E-state index in [0.717, 1.165) is 17.5 Å². The number of nitrogens with two attached hydrogens (primary N) is 2. The number of hydrogen-bond acceptors (Lipinski definition) is 4. The van der Waals surface area contributed by atoms with Gasteiger partial charge < -0.3 is 16.2 Å². The van der Waals surface area contributed by atoms with Crippen LogP contribution in [0.15, 0.2) is 12.1 Å². The molecule has 0 spiro atoms. The zero-order valence-corrected chi connectivity index (χ0v) is 10.5. The zero-order valence-electron chi connectivity index (χ0n) is 10.5. The smallest absolute Gasteiger partial charge is 0.338 e. The molecule has 0 atom stereocenters. The van der Waals surface area contributed by atoms with Crippen LogP contribution >= 0.6 is 0 Å². The lowest BCUT2D eigenvalue weighted by Crippen LogP contribution is -2.15. The van der Waals surface area contributed by atoms with E-state index in [9.17, 15) is 4.79 Å². The Morgan fingerprint density at radius 2 is 2.00 bits per heavy atom. The molecule has 1 aromatic carbocycles. The first-order chi connectivity index (χ1) is 8.15. The number of carbonyl (C=O) groups excluding carboxylic acids is 1. The number of ether oxygens (including phenoxy) is 1. The van der Waals surface area contributed by atoms with Crippen LogP contribution in [-0.4, -0.2) is 19.1 Å². The normalized spacial score (nSPS) is 10.3. The van der Waals surface area contributed by atoms with Gasteiger partial charge in [0.15, 0.2) is 0 Å². The molecule has 0 amide bonds. The van der Waals surface area contributed by atoms with Gasteiger partial charge in [0.1, 0.15) is 0 Å². The van der Waals surface area contributed by atoms with Gasteiger partial charge in [-0.1, -0.05) is 6.92 Å². The fraction of sp³-hybridized carbons (Fsp3) is 0.462. The number of hydrogen-bond donors (Lipinski definition) is 2. The molecule has 0 aliphatic heterocycles. The largest absolute Gasteiger partial charge is 0.462 e. The molecular formula is C13H20N2O2. The van der Waals surface area contributed by atoms with Gasteiger partial charge in [-0.25, -0.2) is 4.79 Å². The molecule has 0 heterocycles. The van der Waals surface area contributed by atoms with Crippen LogP contribution in [0.25, 0.3) is 0 Å². The SMILES string of the molecule is CCOC(=O)c1ccc(N)c(CC)c1CCN. The van der Waals surface area contributed by atoms with Crippen molar-refractivity contribution < 1.29 is 9.53 Å². The van der Waals surface area contributed by atoms with Gasteiger partial charge in [0.2, 0.25) is 0 Å². The highest BCUT2D eigenvalue weighted by Gasteiger charge is 2.16. The van der Waals surface area contributed by atoms with Gasteiger partial charge in [-0.05, 0) is 49.6 Å². The highest BCUT2D eigenvalue weighted by Crippen LogP contribution is 2.23. The maximum Gasteiger partial charge on any atom is 0.338 e. The highest BCUT2D eigenvalue weighted by molar-refractivity contribution is 5.92. The number of anilines is 1. The number of nitrogen functional groups attached to an aromatic ring is 1. The number of benzene rings is 1. The van der Waals surface area contributed by atoms with E-state index in [1.165, 1.54) is 0 Å². The topological polar surface area (TPSA) is 78.3 Å². The van der Waals surface area contributed by atoms with Crippen molar-refractivity contribution in [2.45, 2.75) is 26.7 Å². The third-order valence-electron chi connectivity index (χ3n) is 2.71. The molecule has 0 saturated carbocycles. The molecule has 0 aromatic heterocycles. The summed E-state index contributed by atoms with van der Waals surface area (Å²) >= 11 is 0. The molecule has 4 nitrogen and oxygen atoms in total. The van der Waals surface area contributed by atoms with Crippen LogP contribution < -0.4 is 11.5 Å². The Morgan fingerprint density at radius 3 is 2.53 bits per heavy atom. The van der Waals surface area contributed by atoms with Crippen molar-refractivity contribution in [1.29, 1.82) is 0 Å². The number of rotatable bonds is 5. The van der Waals surface area contributed by atoms with Crippen molar-refractivity contribution in [2.75, 3.05) is 18.9 Å². The summed E-state index contributed by atoms with van der Waals surface area (Å²) in [4.78, 5) is 11.8. The minimum absolute atomic E-state index is 0.300. The predicted octanol–water partition coefficient (Wildman–Crippen LogP) is 1.51. The summed E-state index contributed by atoms with van der Waals surface area (Å²) in [7, 11) is 0. The molecule has 4 heteroatoms. The molecule has 0 aliphatic rings. The summed E-state index contributed by atoms with van der Waals surface area (Å²) in [6, 6.07) is 3.47. The van der Waals surface area contributed by atoms with Gasteiger partial charge in [0, 0.05) is 5.69 Å². The quantitative estimate of drug-likeness (QED) is 0.600. The fourth-order valence-electron chi connectivity index (χ4n) is 1.96. The zero-order chi connectivity index (χ0) is 12.8. The predicted molar refractivity (Wildman–Crippen MR) is 68.9 cm³/mol. The van der Waals surface area contributed by atoms with Crippen LogP contribution in [0.3, 0.4) is 0 Å². The standard InChI is InChI=1S/C13H20N2O2/c1-3-9-10(7-8-14)11(5-6-12(9)15)13(16)17-4-2/h5-6H,3-4,7-8,14-15H2,1-2H3. The van der Waals surface area contributed by atoms with Crippen LogP contribution in [0, 0.1) is 0 Å². The molecular weight excluding hydrogens is 216 g/mol. The van der Waals surface area contributed by atoms with E-state index >= 15 is 0 Å². The summed E-state index contributed by atoms with van der Waals surface area (Å²) in [5.41, 5.74) is 14.7.